The van der Waals surface area contributed by atoms with Crippen LogP contribution in [0.1, 0.15) is 37.3 Å². The van der Waals surface area contributed by atoms with Crippen molar-refractivity contribution in [2.75, 3.05) is 24.3 Å². The predicted molar refractivity (Wildman–Crippen MR) is 113 cm³/mol. The number of benzene rings is 2. The molecule has 154 valence electrons. The van der Waals surface area contributed by atoms with Crippen molar-refractivity contribution in [2.45, 2.75) is 39.3 Å². The number of anilines is 2. The van der Waals surface area contributed by atoms with E-state index in [9.17, 15) is 14.0 Å². The molecule has 0 bridgehead atoms. The number of amides is 2. The molecule has 0 unspecified atom stereocenters. The summed E-state index contributed by atoms with van der Waals surface area (Å²) in [5.41, 5.74) is 3.53. The van der Waals surface area contributed by atoms with Gasteiger partial charge in [-0.3, -0.25) is 9.59 Å². The predicted octanol–water partition coefficient (Wildman–Crippen LogP) is 4.18. The molecule has 1 fully saturated rings. The van der Waals surface area contributed by atoms with Crippen LogP contribution < -0.4 is 10.2 Å². The van der Waals surface area contributed by atoms with Crippen molar-refractivity contribution >= 4 is 23.2 Å². The third-order valence-electron chi connectivity index (χ3n) is 5.40. The maximum Gasteiger partial charge on any atom is 0.227 e. The molecule has 6 heteroatoms. The SMILES string of the molecule is CC(=O)N(Cc1ccc(F)cc1)Cc1cc(NC(=O)C2CCC2)ccc1N(C)C. The molecule has 1 N–H and O–H groups in total. The topological polar surface area (TPSA) is 52.7 Å². The Hall–Kier alpha value is -2.89. The van der Waals surface area contributed by atoms with Gasteiger partial charge in [-0.1, -0.05) is 18.6 Å². The molecule has 3 rings (SSSR count). The van der Waals surface area contributed by atoms with E-state index >= 15 is 0 Å². The molecule has 0 spiro atoms. The van der Waals surface area contributed by atoms with Crippen LogP contribution in [0.25, 0.3) is 0 Å². The summed E-state index contributed by atoms with van der Waals surface area (Å²) < 4.78 is 13.2. The molecule has 0 aromatic heterocycles. The highest BCUT2D eigenvalue weighted by Crippen LogP contribution is 2.29. The van der Waals surface area contributed by atoms with Gasteiger partial charge in [0.25, 0.3) is 0 Å². The van der Waals surface area contributed by atoms with Gasteiger partial charge in [0.2, 0.25) is 11.8 Å². The number of nitrogens with one attached hydrogen (secondary N) is 1. The average Bonchev–Trinajstić information content (AvgIpc) is 2.61. The summed E-state index contributed by atoms with van der Waals surface area (Å²) in [5.74, 6) is -0.190. The second-order valence-corrected chi connectivity index (χ2v) is 7.86. The summed E-state index contributed by atoms with van der Waals surface area (Å²) in [6.07, 6.45) is 3.01. The monoisotopic (exact) mass is 397 g/mol. The minimum absolute atomic E-state index is 0.0644. The van der Waals surface area contributed by atoms with Gasteiger partial charge in [0.05, 0.1) is 0 Å². The van der Waals surface area contributed by atoms with Crippen LogP contribution >= 0.6 is 0 Å². The van der Waals surface area contributed by atoms with E-state index in [1.54, 1.807) is 17.0 Å². The third kappa shape index (κ3) is 5.34. The van der Waals surface area contributed by atoms with E-state index in [4.69, 9.17) is 0 Å². The lowest BCUT2D eigenvalue weighted by Crippen LogP contribution is -2.29. The lowest BCUT2D eigenvalue weighted by molar-refractivity contribution is -0.130. The minimum Gasteiger partial charge on any atom is -0.377 e. The first kappa shape index (κ1) is 20.8. The molecule has 1 aliphatic rings. The largest absolute Gasteiger partial charge is 0.377 e. The lowest BCUT2D eigenvalue weighted by Gasteiger charge is -2.27. The van der Waals surface area contributed by atoms with Gasteiger partial charge in [-0.05, 0) is 54.3 Å². The third-order valence-corrected chi connectivity index (χ3v) is 5.40. The Morgan fingerprint density at radius 3 is 2.31 bits per heavy atom. The van der Waals surface area contributed by atoms with Gasteiger partial charge in [-0.2, -0.15) is 0 Å². The summed E-state index contributed by atoms with van der Waals surface area (Å²) in [4.78, 5) is 28.3. The quantitative estimate of drug-likeness (QED) is 0.763. The maximum atomic E-state index is 13.2. The summed E-state index contributed by atoms with van der Waals surface area (Å²) in [7, 11) is 3.90. The normalized spacial score (nSPS) is 13.5. The second-order valence-electron chi connectivity index (χ2n) is 7.86. The molecular weight excluding hydrogens is 369 g/mol. The van der Waals surface area contributed by atoms with Gasteiger partial charge < -0.3 is 15.1 Å². The molecule has 1 aliphatic carbocycles. The summed E-state index contributed by atoms with van der Waals surface area (Å²) in [5, 5.41) is 3.01. The van der Waals surface area contributed by atoms with Crippen LogP contribution in [0.3, 0.4) is 0 Å². The standard InChI is InChI=1S/C23H28FN3O2/c1-16(28)27(14-17-7-9-20(24)10-8-17)15-19-13-21(11-12-22(19)26(2)3)25-23(29)18-5-4-6-18/h7-13,18H,4-6,14-15H2,1-3H3,(H,25,29). The van der Waals surface area contributed by atoms with E-state index in [-0.39, 0.29) is 23.5 Å². The Kier molecular flexibility index (Phi) is 6.52. The Bertz CT molecular complexity index is 876. The van der Waals surface area contributed by atoms with Crippen LogP contribution in [0.5, 0.6) is 0 Å². The van der Waals surface area contributed by atoms with Crippen LogP contribution in [-0.2, 0) is 22.7 Å². The number of halogens is 1. The summed E-state index contributed by atoms with van der Waals surface area (Å²) in [6.45, 7) is 2.32. The van der Waals surface area contributed by atoms with E-state index in [0.29, 0.717) is 13.1 Å². The maximum absolute atomic E-state index is 13.2. The van der Waals surface area contributed by atoms with Gasteiger partial charge in [-0.15, -0.1) is 0 Å². The summed E-state index contributed by atoms with van der Waals surface area (Å²) >= 11 is 0. The second kappa shape index (κ2) is 9.07. The van der Waals surface area contributed by atoms with Gasteiger partial charge in [0.15, 0.2) is 0 Å². The van der Waals surface area contributed by atoms with Crippen molar-refractivity contribution in [3.05, 3.63) is 59.4 Å². The van der Waals surface area contributed by atoms with Gasteiger partial charge in [0.1, 0.15) is 5.82 Å². The van der Waals surface area contributed by atoms with E-state index < -0.39 is 0 Å². The number of rotatable bonds is 7. The highest BCUT2D eigenvalue weighted by Gasteiger charge is 2.25. The van der Waals surface area contributed by atoms with Crippen molar-refractivity contribution in [2.24, 2.45) is 5.92 Å². The zero-order valence-electron chi connectivity index (χ0n) is 17.2. The Morgan fingerprint density at radius 2 is 1.76 bits per heavy atom. The molecule has 2 amide bonds. The average molecular weight is 397 g/mol. The first-order valence-corrected chi connectivity index (χ1v) is 9.94. The first-order chi connectivity index (χ1) is 13.8. The first-order valence-electron chi connectivity index (χ1n) is 9.94. The minimum atomic E-state index is -0.298. The number of hydrogen-bond donors (Lipinski definition) is 1. The van der Waals surface area contributed by atoms with E-state index in [0.717, 1.165) is 41.8 Å². The van der Waals surface area contributed by atoms with Gasteiger partial charge in [-0.25, -0.2) is 4.39 Å². The van der Waals surface area contributed by atoms with Crippen molar-refractivity contribution in [1.82, 2.24) is 4.90 Å². The Balaban J connectivity index is 1.80. The zero-order chi connectivity index (χ0) is 21.0. The Morgan fingerprint density at radius 1 is 1.07 bits per heavy atom. The van der Waals surface area contributed by atoms with Crippen LogP contribution in [-0.4, -0.2) is 30.8 Å². The number of carbonyl (C=O) groups is 2. The molecule has 2 aromatic rings. The Labute approximate surface area is 171 Å². The molecule has 5 nitrogen and oxygen atoms in total. The van der Waals surface area contributed by atoms with Crippen molar-refractivity contribution in [1.29, 1.82) is 0 Å². The molecule has 0 radical (unpaired) electrons. The number of nitrogens with zero attached hydrogens (tertiary/aromatic N) is 2. The van der Waals surface area contributed by atoms with Crippen LogP contribution in [0.4, 0.5) is 15.8 Å². The fourth-order valence-electron chi connectivity index (χ4n) is 3.44. The molecule has 0 heterocycles. The molecular formula is C23H28FN3O2. The lowest BCUT2D eigenvalue weighted by atomic mass is 9.85. The zero-order valence-corrected chi connectivity index (χ0v) is 17.2. The highest BCUT2D eigenvalue weighted by molar-refractivity contribution is 5.93. The molecule has 29 heavy (non-hydrogen) atoms. The van der Waals surface area contributed by atoms with Crippen molar-refractivity contribution < 1.29 is 14.0 Å². The molecule has 2 aromatic carbocycles. The van der Waals surface area contributed by atoms with Gasteiger partial charge in [0, 0.05) is 51.4 Å². The number of hydrogen-bond acceptors (Lipinski definition) is 3. The fourth-order valence-corrected chi connectivity index (χ4v) is 3.44. The van der Waals surface area contributed by atoms with Crippen LogP contribution in [0, 0.1) is 11.7 Å². The van der Waals surface area contributed by atoms with Gasteiger partial charge >= 0.3 is 0 Å². The molecule has 0 saturated heterocycles. The molecule has 1 saturated carbocycles. The van der Waals surface area contributed by atoms with Crippen molar-refractivity contribution in [3.8, 4) is 0 Å². The molecule has 0 atom stereocenters. The van der Waals surface area contributed by atoms with E-state index in [1.807, 2.05) is 37.2 Å². The van der Waals surface area contributed by atoms with Crippen molar-refractivity contribution in [3.63, 3.8) is 0 Å². The van der Waals surface area contributed by atoms with E-state index in [1.165, 1.54) is 19.1 Å². The van der Waals surface area contributed by atoms with E-state index in [2.05, 4.69) is 5.32 Å². The highest BCUT2D eigenvalue weighted by atomic mass is 19.1. The summed E-state index contributed by atoms with van der Waals surface area (Å²) in [6, 6.07) is 12.0. The number of carbonyl (C=O) groups excluding carboxylic acids is 2. The molecule has 0 aliphatic heterocycles. The van der Waals surface area contributed by atoms with Crippen LogP contribution in [0.15, 0.2) is 42.5 Å². The fraction of sp³-hybridized carbons (Fsp3) is 0.391. The smallest absolute Gasteiger partial charge is 0.227 e. The van der Waals surface area contributed by atoms with Crippen LogP contribution in [0.2, 0.25) is 0 Å².